The normalized spacial score (nSPS) is 10.8. The van der Waals surface area contributed by atoms with E-state index in [9.17, 15) is 24.5 Å². The standard InChI is InChI=1S/C24H25ClN4O5/c1-3-5-13-27(23(31)16-7-6-8-19(14-16)29(33)34)15-21(30)22-20(4-2)26-28(24(22)32)18-11-9-17(25)10-12-18/h6-12,14,26H,3-5,13,15H2,1-2H3. The van der Waals surface area contributed by atoms with E-state index in [2.05, 4.69) is 5.10 Å². The Morgan fingerprint density at radius 2 is 1.85 bits per heavy atom. The maximum Gasteiger partial charge on any atom is 0.282 e. The van der Waals surface area contributed by atoms with Crippen LogP contribution in [-0.4, -0.2) is 44.4 Å². The number of carbonyl (C=O) groups excluding carboxylic acids is 2. The first kappa shape index (κ1) is 24.9. The summed E-state index contributed by atoms with van der Waals surface area (Å²) >= 11 is 5.93. The third kappa shape index (κ3) is 5.43. The number of aryl methyl sites for hydroxylation is 1. The maximum atomic E-state index is 13.3. The first-order valence-corrected chi connectivity index (χ1v) is 11.3. The van der Waals surface area contributed by atoms with Crippen molar-refractivity contribution in [3.05, 3.63) is 90.8 Å². The monoisotopic (exact) mass is 484 g/mol. The van der Waals surface area contributed by atoms with Gasteiger partial charge in [-0.1, -0.05) is 37.9 Å². The molecule has 0 aliphatic heterocycles. The van der Waals surface area contributed by atoms with Crippen molar-refractivity contribution in [3.8, 4) is 5.69 Å². The van der Waals surface area contributed by atoms with E-state index in [0.717, 1.165) is 6.42 Å². The number of nitrogens with zero attached hydrogens (tertiary/aromatic N) is 3. The number of hydrogen-bond donors (Lipinski definition) is 1. The summed E-state index contributed by atoms with van der Waals surface area (Å²) < 4.78 is 1.28. The van der Waals surface area contributed by atoms with Crippen molar-refractivity contribution in [1.82, 2.24) is 14.7 Å². The summed E-state index contributed by atoms with van der Waals surface area (Å²) in [6.45, 7) is 3.73. The van der Waals surface area contributed by atoms with E-state index >= 15 is 0 Å². The van der Waals surface area contributed by atoms with E-state index < -0.39 is 22.2 Å². The number of amides is 1. The minimum Gasteiger partial charge on any atom is -0.331 e. The molecule has 1 N–H and O–H groups in total. The number of nitrogens with one attached hydrogen (secondary N) is 1. The Bertz CT molecular complexity index is 1260. The number of non-ortho nitro benzene ring substituents is 1. The lowest BCUT2D eigenvalue weighted by Gasteiger charge is -2.21. The highest BCUT2D eigenvalue weighted by atomic mass is 35.5. The van der Waals surface area contributed by atoms with Crippen molar-refractivity contribution < 1.29 is 14.5 Å². The van der Waals surface area contributed by atoms with Gasteiger partial charge < -0.3 is 4.90 Å². The van der Waals surface area contributed by atoms with Crippen LogP contribution >= 0.6 is 11.6 Å². The number of aromatic amines is 1. The van der Waals surface area contributed by atoms with Gasteiger partial charge in [0.25, 0.3) is 17.2 Å². The number of halogens is 1. The molecule has 1 aromatic heterocycles. The lowest BCUT2D eigenvalue weighted by atomic mass is 10.1. The number of carbonyl (C=O) groups is 2. The third-order valence-electron chi connectivity index (χ3n) is 5.39. The van der Waals surface area contributed by atoms with Crippen LogP contribution in [0.25, 0.3) is 5.69 Å². The second-order valence-corrected chi connectivity index (χ2v) is 8.18. The zero-order valence-electron chi connectivity index (χ0n) is 18.9. The van der Waals surface area contributed by atoms with E-state index in [1.807, 2.05) is 13.8 Å². The van der Waals surface area contributed by atoms with Crippen LogP contribution in [0.2, 0.25) is 5.02 Å². The number of nitro groups is 1. The van der Waals surface area contributed by atoms with Crippen LogP contribution in [0, 0.1) is 10.1 Å². The van der Waals surface area contributed by atoms with E-state index in [-0.39, 0.29) is 29.9 Å². The molecule has 178 valence electrons. The highest BCUT2D eigenvalue weighted by molar-refractivity contribution is 6.30. The molecule has 0 radical (unpaired) electrons. The molecule has 0 aliphatic rings. The van der Waals surface area contributed by atoms with Gasteiger partial charge in [0.2, 0.25) is 0 Å². The molecule has 0 atom stereocenters. The van der Waals surface area contributed by atoms with E-state index in [0.29, 0.717) is 29.2 Å². The Morgan fingerprint density at radius 1 is 1.15 bits per heavy atom. The smallest absolute Gasteiger partial charge is 0.282 e. The molecule has 2 aromatic carbocycles. The summed E-state index contributed by atoms with van der Waals surface area (Å²) in [4.78, 5) is 51.4. The average molecular weight is 485 g/mol. The van der Waals surface area contributed by atoms with E-state index in [1.165, 1.54) is 33.8 Å². The minimum atomic E-state index is -0.579. The van der Waals surface area contributed by atoms with Gasteiger partial charge in [-0.2, -0.15) is 0 Å². The summed E-state index contributed by atoms with van der Waals surface area (Å²) in [7, 11) is 0. The Morgan fingerprint density at radius 3 is 2.47 bits per heavy atom. The fourth-order valence-electron chi connectivity index (χ4n) is 3.59. The lowest BCUT2D eigenvalue weighted by molar-refractivity contribution is -0.384. The van der Waals surface area contributed by atoms with Gasteiger partial charge in [-0.05, 0) is 43.2 Å². The van der Waals surface area contributed by atoms with Gasteiger partial charge in [0.1, 0.15) is 5.56 Å². The molecule has 0 fully saturated rings. The third-order valence-corrected chi connectivity index (χ3v) is 5.64. The summed E-state index contributed by atoms with van der Waals surface area (Å²) in [5, 5.41) is 14.6. The summed E-state index contributed by atoms with van der Waals surface area (Å²) in [6.07, 6.45) is 1.82. The van der Waals surface area contributed by atoms with Gasteiger partial charge in [-0.25, -0.2) is 4.68 Å². The van der Waals surface area contributed by atoms with Crippen molar-refractivity contribution in [2.45, 2.75) is 33.1 Å². The van der Waals surface area contributed by atoms with Gasteiger partial charge >= 0.3 is 0 Å². The molecule has 9 nitrogen and oxygen atoms in total. The number of ketones is 1. The fraction of sp³-hybridized carbons (Fsp3) is 0.292. The Kier molecular flexibility index (Phi) is 8.01. The first-order chi connectivity index (χ1) is 16.3. The van der Waals surface area contributed by atoms with Crippen molar-refractivity contribution in [1.29, 1.82) is 0 Å². The maximum absolute atomic E-state index is 13.3. The van der Waals surface area contributed by atoms with Crippen molar-refractivity contribution in [2.24, 2.45) is 0 Å². The molecule has 0 saturated carbocycles. The number of unbranched alkanes of at least 4 members (excludes halogenated alkanes) is 1. The number of nitro benzene ring substituents is 1. The van der Waals surface area contributed by atoms with Gasteiger partial charge in [0.15, 0.2) is 5.78 Å². The highest BCUT2D eigenvalue weighted by Gasteiger charge is 2.26. The van der Waals surface area contributed by atoms with Crippen LogP contribution in [-0.2, 0) is 6.42 Å². The molecule has 10 heteroatoms. The molecular weight excluding hydrogens is 460 g/mol. The molecule has 0 saturated heterocycles. The molecule has 0 spiro atoms. The van der Waals surface area contributed by atoms with Crippen LogP contribution in [0.1, 0.15) is 53.1 Å². The Labute approximate surface area is 201 Å². The zero-order chi connectivity index (χ0) is 24.8. The van der Waals surface area contributed by atoms with Crippen LogP contribution in [0.5, 0.6) is 0 Å². The topological polar surface area (TPSA) is 118 Å². The summed E-state index contributed by atoms with van der Waals surface area (Å²) in [6, 6.07) is 12.0. The Balaban J connectivity index is 1.93. The summed E-state index contributed by atoms with van der Waals surface area (Å²) in [5.41, 5.74) is 0.369. The zero-order valence-corrected chi connectivity index (χ0v) is 19.7. The highest BCUT2D eigenvalue weighted by Crippen LogP contribution is 2.17. The molecule has 0 aliphatic carbocycles. The predicted octanol–water partition coefficient (Wildman–Crippen LogP) is 4.41. The van der Waals surface area contributed by atoms with Crippen molar-refractivity contribution >= 4 is 29.0 Å². The minimum absolute atomic E-state index is 0.00853. The Hall–Kier alpha value is -3.72. The molecule has 3 rings (SSSR count). The number of aromatic nitrogens is 2. The SMILES string of the molecule is CCCCN(CC(=O)c1c(CC)[nH]n(-c2ccc(Cl)cc2)c1=O)C(=O)c1cccc([N+](=O)[O-])c1. The number of hydrogen-bond acceptors (Lipinski definition) is 5. The van der Waals surface area contributed by atoms with Gasteiger partial charge in [-0.15, -0.1) is 0 Å². The molecule has 34 heavy (non-hydrogen) atoms. The largest absolute Gasteiger partial charge is 0.331 e. The number of Topliss-reactive ketones (excluding diaryl/α,β-unsaturated/α-hetero) is 1. The molecule has 0 unspecified atom stereocenters. The average Bonchev–Trinajstić information content (AvgIpc) is 3.18. The molecule has 1 heterocycles. The lowest BCUT2D eigenvalue weighted by Crippen LogP contribution is -2.38. The van der Waals surface area contributed by atoms with Crippen molar-refractivity contribution in [2.75, 3.05) is 13.1 Å². The van der Waals surface area contributed by atoms with Crippen LogP contribution in [0.15, 0.2) is 53.3 Å². The van der Waals surface area contributed by atoms with E-state index in [4.69, 9.17) is 11.6 Å². The van der Waals surface area contributed by atoms with E-state index in [1.54, 1.807) is 24.3 Å². The molecular formula is C24H25ClN4O5. The molecule has 0 bridgehead atoms. The van der Waals surface area contributed by atoms with Crippen LogP contribution < -0.4 is 5.56 Å². The van der Waals surface area contributed by atoms with Crippen LogP contribution in [0.4, 0.5) is 5.69 Å². The van der Waals surface area contributed by atoms with Crippen LogP contribution in [0.3, 0.4) is 0 Å². The summed E-state index contributed by atoms with van der Waals surface area (Å²) in [5.74, 6) is -1.00. The van der Waals surface area contributed by atoms with Gasteiger partial charge in [-0.3, -0.25) is 29.6 Å². The van der Waals surface area contributed by atoms with Gasteiger partial charge in [0, 0.05) is 35.0 Å². The first-order valence-electron chi connectivity index (χ1n) is 10.9. The number of H-pyrrole nitrogens is 1. The molecule has 3 aromatic rings. The second-order valence-electron chi connectivity index (χ2n) is 7.75. The number of benzene rings is 2. The predicted molar refractivity (Wildman–Crippen MR) is 129 cm³/mol. The number of rotatable bonds is 10. The van der Waals surface area contributed by atoms with Crippen molar-refractivity contribution in [3.63, 3.8) is 0 Å². The quantitative estimate of drug-likeness (QED) is 0.259. The fourth-order valence-corrected chi connectivity index (χ4v) is 3.71. The van der Waals surface area contributed by atoms with Gasteiger partial charge in [0.05, 0.1) is 17.2 Å². The molecule has 1 amide bonds. The second kappa shape index (κ2) is 10.9.